The lowest BCUT2D eigenvalue weighted by molar-refractivity contribution is -0.139. The standard InChI is InChI=1S/C23H34N4O4/c1-30-17-16-25-12-14-27(15-13-25)22(28)18-20-23(29)24-9-11-26(20)10-5-7-19-6-3-4-8-21(19)31-2/h3-8,20H,9-18H2,1-2H3,(H,24,29)/b7-5+/t20-/m0/s1. The van der Waals surface area contributed by atoms with Crippen LogP contribution in [0.2, 0.25) is 0 Å². The summed E-state index contributed by atoms with van der Waals surface area (Å²) in [4.78, 5) is 31.7. The number of para-hydroxylation sites is 1. The Labute approximate surface area is 184 Å². The minimum Gasteiger partial charge on any atom is -0.496 e. The maximum atomic E-state index is 12.9. The van der Waals surface area contributed by atoms with Crippen LogP contribution < -0.4 is 10.1 Å². The van der Waals surface area contributed by atoms with Crippen LogP contribution >= 0.6 is 0 Å². The van der Waals surface area contributed by atoms with Crippen LogP contribution in [0.25, 0.3) is 6.08 Å². The number of carbonyl (C=O) groups is 2. The first kappa shape index (κ1) is 23.2. The highest BCUT2D eigenvalue weighted by Gasteiger charge is 2.33. The molecule has 1 aromatic rings. The number of hydrogen-bond donors (Lipinski definition) is 1. The van der Waals surface area contributed by atoms with E-state index in [1.54, 1.807) is 14.2 Å². The van der Waals surface area contributed by atoms with Crippen molar-refractivity contribution in [3.05, 3.63) is 35.9 Å². The molecular weight excluding hydrogens is 396 g/mol. The van der Waals surface area contributed by atoms with Crippen molar-refractivity contribution in [2.45, 2.75) is 12.5 Å². The van der Waals surface area contributed by atoms with Gasteiger partial charge in [0.2, 0.25) is 11.8 Å². The molecule has 0 aromatic heterocycles. The molecule has 1 aromatic carbocycles. The van der Waals surface area contributed by atoms with Crippen molar-refractivity contribution in [2.24, 2.45) is 0 Å². The van der Waals surface area contributed by atoms with Gasteiger partial charge in [0.15, 0.2) is 0 Å². The summed E-state index contributed by atoms with van der Waals surface area (Å²) in [5.41, 5.74) is 0.991. The van der Waals surface area contributed by atoms with E-state index in [1.165, 1.54) is 0 Å². The number of piperazine rings is 2. The van der Waals surface area contributed by atoms with Crippen LogP contribution in [0.5, 0.6) is 5.75 Å². The fourth-order valence-electron chi connectivity index (χ4n) is 4.06. The van der Waals surface area contributed by atoms with Crippen molar-refractivity contribution < 1.29 is 19.1 Å². The van der Waals surface area contributed by atoms with Gasteiger partial charge in [-0.05, 0) is 6.07 Å². The van der Waals surface area contributed by atoms with Gasteiger partial charge in [0, 0.05) is 65.0 Å². The van der Waals surface area contributed by atoms with E-state index in [9.17, 15) is 9.59 Å². The zero-order valence-corrected chi connectivity index (χ0v) is 18.6. The van der Waals surface area contributed by atoms with Crippen LogP contribution in [0.1, 0.15) is 12.0 Å². The van der Waals surface area contributed by atoms with Crippen molar-refractivity contribution in [1.29, 1.82) is 0 Å². The monoisotopic (exact) mass is 430 g/mol. The fourth-order valence-corrected chi connectivity index (χ4v) is 4.06. The second kappa shape index (κ2) is 11.8. The molecule has 3 rings (SSSR count). The van der Waals surface area contributed by atoms with Crippen LogP contribution in [0.4, 0.5) is 0 Å². The second-order valence-corrected chi connectivity index (χ2v) is 7.87. The van der Waals surface area contributed by atoms with Gasteiger partial charge in [0.25, 0.3) is 0 Å². The Morgan fingerprint density at radius 2 is 1.94 bits per heavy atom. The maximum Gasteiger partial charge on any atom is 0.237 e. The predicted octanol–water partition coefficient (Wildman–Crippen LogP) is 0.690. The van der Waals surface area contributed by atoms with Gasteiger partial charge in [-0.3, -0.25) is 19.4 Å². The highest BCUT2D eigenvalue weighted by atomic mass is 16.5. The van der Waals surface area contributed by atoms with Gasteiger partial charge >= 0.3 is 0 Å². The van der Waals surface area contributed by atoms with Gasteiger partial charge in [0.1, 0.15) is 5.75 Å². The SMILES string of the molecule is COCCN1CCN(C(=O)C[C@H]2C(=O)NCCN2C/C=C/c2ccccc2OC)CC1. The molecule has 1 N–H and O–H groups in total. The Morgan fingerprint density at radius 3 is 2.68 bits per heavy atom. The fraction of sp³-hybridized carbons (Fsp3) is 0.565. The van der Waals surface area contributed by atoms with E-state index in [1.807, 2.05) is 41.3 Å². The van der Waals surface area contributed by atoms with Crippen molar-refractivity contribution in [3.8, 4) is 5.75 Å². The highest BCUT2D eigenvalue weighted by Crippen LogP contribution is 2.19. The lowest BCUT2D eigenvalue weighted by Crippen LogP contribution is -2.57. The molecular formula is C23H34N4O4. The van der Waals surface area contributed by atoms with E-state index in [-0.39, 0.29) is 18.2 Å². The molecule has 8 heteroatoms. The van der Waals surface area contributed by atoms with Crippen molar-refractivity contribution >= 4 is 17.9 Å². The number of amides is 2. The molecule has 0 saturated carbocycles. The zero-order chi connectivity index (χ0) is 22.1. The summed E-state index contributed by atoms with van der Waals surface area (Å²) < 4.78 is 10.5. The van der Waals surface area contributed by atoms with E-state index in [2.05, 4.69) is 15.1 Å². The molecule has 2 aliphatic rings. The van der Waals surface area contributed by atoms with Crippen LogP contribution in [0.15, 0.2) is 30.3 Å². The van der Waals surface area contributed by atoms with Crippen molar-refractivity contribution in [3.63, 3.8) is 0 Å². The van der Waals surface area contributed by atoms with E-state index in [0.717, 1.165) is 37.5 Å². The molecule has 8 nitrogen and oxygen atoms in total. The van der Waals surface area contributed by atoms with Gasteiger partial charge in [-0.1, -0.05) is 30.4 Å². The molecule has 0 unspecified atom stereocenters. The number of ether oxygens (including phenoxy) is 2. The predicted molar refractivity (Wildman–Crippen MR) is 120 cm³/mol. The average Bonchev–Trinajstić information content (AvgIpc) is 2.80. The Kier molecular flexibility index (Phi) is 8.87. The van der Waals surface area contributed by atoms with Crippen LogP contribution in [-0.4, -0.2) is 106 Å². The second-order valence-electron chi connectivity index (χ2n) is 7.87. The first-order valence-electron chi connectivity index (χ1n) is 10.9. The number of nitrogens with one attached hydrogen (secondary N) is 1. The molecule has 1 atom stereocenters. The molecule has 0 aliphatic carbocycles. The summed E-state index contributed by atoms with van der Waals surface area (Å²) in [6, 6.07) is 7.38. The number of nitrogens with zero attached hydrogens (tertiary/aromatic N) is 3. The summed E-state index contributed by atoms with van der Waals surface area (Å²) in [7, 11) is 3.35. The van der Waals surface area contributed by atoms with Gasteiger partial charge in [-0.15, -0.1) is 0 Å². The minimum atomic E-state index is -0.435. The third kappa shape index (κ3) is 6.53. The quantitative estimate of drug-likeness (QED) is 0.622. The Balaban J connectivity index is 1.55. The normalized spacial score (nSPS) is 20.8. The Morgan fingerprint density at radius 1 is 1.16 bits per heavy atom. The molecule has 0 radical (unpaired) electrons. The van der Waals surface area contributed by atoms with Gasteiger partial charge in [-0.2, -0.15) is 0 Å². The van der Waals surface area contributed by atoms with E-state index < -0.39 is 6.04 Å². The van der Waals surface area contributed by atoms with Crippen LogP contribution in [0, 0.1) is 0 Å². The first-order chi connectivity index (χ1) is 15.1. The largest absolute Gasteiger partial charge is 0.496 e. The third-order valence-electron chi connectivity index (χ3n) is 5.92. The van der Waals surface area contributed by atoms with Gasteiger partial charge < -0.3 is 19.7 Å². The van der Waals surface area contributed by atoms with Crippen LogP contribution in [0.3, 0.4) is 0 Å². The van der Waals surface area contributed by atoms with Gasteiger partial charge in [0.05, 0.1) is 26.2 Å². The number of hydrogen-bond acceptors (Lipinski definition) is 6. The van der Waals surface area contributed by atoms with Crippen LogP contribution in [-0.2, 0) is 14.3 Å². The Bertz CT molecular complexity index is 762. The highest BCUT2D eigenvalue weighted by molar-refractivity contribution is 5.89. The Hall–Kier alpha value is -2.42. The summed E-state index contributed by atoms with van der Waals surface area (Å²) >= 11 is 0. The maximum absolute atomic E-state index is 12.9. The molecule has 0 bridgehead atoms. The molecule has 170 valence electrons. The number of carbonyl (C=O) groups excluding carboxylic acids is 2. The summed E-state index contributed by atoms with van der Waals surface area (Å²) in [5.74, 6) is 0.794. The molecule has 2 aliphatic heterocycles. The summed E-state index contributed by atoms with van der Waals surface area (Å²) in [6.45, 7) is 6.61. The molecule has 0 spiro atoms. The summed E-state index contributed by atoms with van der Waals surface area (Å²) in [6.07, 6.45) is 4.25. The molecule has 2 heterocycles. The topological polar surface area (TPSA) is 74.4 Å². The lowest BCUT2D eigenvalue weighted by atomic mass is 10.1. The number of benzene rings is 1. The van der Waals surface area contributed by atoms with Gasteiger partial charge in [-0.25, -0.2) is 0 Å². The molecule has 2 amide bonds. The number of methoxy groups -OCH3 is 2. The van der Waals surface area contributed by atoms with E-state index in [4.69, 9.17) is 9.47 Å². The molecule has 2 fully saturated rings. The lowest BCUT2D eigenvalue weighted by Gasteiger charge is -2.37. The third-order valence-corrected chi connectivity index (χ3v) is 5.92. The smallest absolute Gasteiger partial charge is 0.237 e. The first-order valence-corrected chi connectivity index (χ1v) is 10.9. The number of rotatable bonds is 9. The zero-order valence-electron chi connectivity index (χ0n) is 18.6. The van der Waals surface area contributed by atoms with Crippen molar-refractivity contribution in [2.75, 3.05) is 73.2 Å². The average molecular weight is 431 g/mol. The minimum absolute atomic E-state index is 0.0483. The van der Waals surface area contributed by atoms with Crippen molar-refractivity contribution in [1.82, 2.24) is 20.0 Å². The molecule has 31 heavy (non-hydrogen) atoms. The molecule has 2 saturated heterocycles. The summed E-state index contributed by atoms with van der Waals surface area (Å²) in [5, 5.41) is 2.91. The van der Waals surface area contributed by atoms with E-state index >= 15 is 0 Å². The van der Waals surface area contributed by atoms with E-state index in [0.29, 0.717) is 32.8 Å².